The zero-order chi connectivity index (χ0) is 36.6. The van der Waals surface area contributed by atoms with Crippen LogP contribution in [0.2, 0.25) is 0 Å². The molecule has 2 heterocycles. The maximum atomic E-state index is 5.07. The molecule has 0 saturated heterocycles. The Labute approximate surface area is 323 Å². The van der Waals surface area contributed by atoms with Crippen LogP contribution in [-0.2, 0) is 0 Å². The van der Waals surface area contributed by atoms with Crippen molar-refractivity contribution in [3.63, 3.8) is 0 Å². The van der Waals surface area contributed by atoms with E-state index < -0.39 is 0 Å². The van der Waals surface area contributed by atoms with E-state index in [0.717, 1.165) is 22.3 Å². The topological polar surface area (TPSA) is 38.7 Å². The van der Waals surface area contributed by atoms with Crippen LogP contribution in [0.3, 0.4) is 0 Å². The summed E-state index contributed by atoms with van der Waals surface area (Å²) in [7, 11) is 0. The van der Waals surface area contributed by atoms with Gasteiger partial charge in [0, 0.05) is 36.9 Å². The fourth-order valence-electron chi connectivity index (χ4n) is 7.35. The molecule has 0 radical (unpaired) electrons. The van der Waals surface area contributed by atoms with Crippen molar-refractivity contribution in [2.75, 3.05) is 0 Å². The molecule has 0 unspecified atom stereocenters. The zero-order valence-electron chi connectivity index (χ0n) is 29.8. The molecule has 10 aromatic rings. The lowest BCUT2D eigenvalue weighted by Crippen LogP contribution is -2.00. The lowest BCUT2D eigenvalue weighted by molar-refractivity contribution is 1.07. The van der Waals surface area contributed by atoms with E-state index in [0.29, 0.717) is 17.5 Å². The summed E-state index contributed by atoms with van der Waals surface area (Å²) < 4.78 is 2.45. The first-order valence-corrected chi connectivity index (χ1v) is 19.2. The highest BCUT2D eigenvalue weighted by atomic mass is 32.1. The summed E-state index contributed by atoms with van der Waals surface area (Å²) in [6.45, 7) is 0. The average Bonchev–Trinajstić information content (AvgIpc) is 3.66. The number of hydrogen-bond acceptors (Lipinski definition) is 4. The average molecular weight is 720 g/mol. The Morgan fingerprint density at radius 3 is 1.31 bits per heavy atom. The highest BCUT2D eigenvalue weighted by Gasteiger charge is 2.16. The van der Waals surface area contributed by atoms with Gasteiger partial charge in [-0.3, -0.25) is 0 Å². The van der Waals surface area contributed by atoms with Crippen LogP contribution < -0.4 is 0 Å². The second-order valence-corrected chi connectivity index (χ2v) is 14.7. The van der Waals surface area contributed by atoms with E-state index in [4.69, 9.17) is 15.0 Å². The number of rotatable bonds is 7. The molecule has 4 heteroatoms. The molecule has 10 rings (SSSR count). The van der Waals surface area contributed by atoms with Crippen LogP contribution in [0.1, 0.15) is 0 Å². The van der Waals surface area contributed by atoms with Gasteiger partial charge in [-0.25, -0.2) is 15.0 Å². The Kier molecular flexibility index (Phi) is 8.36. The van der Waals surface area contributed by atoms with Crippen LogP contribution in [0.4, 0.5) is 0 Å². The van der Waals surface area contributed by atoms with E-state index in [1.54, 1.807) is 0 Å². The van der Waals surface area contributed by atoms with Crippen molar-refractivity contribution in [3.05, 3.63) is 200 Å². The van der Waals surface area contributed by atoms with Gasteiger partial charge in [-0.1, -0.05) is 182 Å². The molecule has 0 spiro atoms. The maximum Gasteiger partial charge on any atom is 0.164 e. The van der Waals surface area contributed by atoms with Gasteiger partial charge in [-0.05, 0) is 62.7 Å². The minimum Gasteiger partial charge on any atom is -0.208 e. The van der Waals surface area contributed by atoms with Gasteiger partial charge in [0.2, 0.25) is 0 Å². The largest absolute Gasteiger partial charge is 0.208 e. The molecule has 0 bridgehead atoms. The second-order valence-electron chi connectivity index (χ2n) is 13.6. The molecule has 8 aromatic carbocycles. The third-order valence-corrected chi connectivity index (χ3v) is 11.3. The van der Waals surface area contributed by atoms with Crippen LogP contribution in [-0.4, -0.2) is 15.0 Å². The van der Waals surface area contributed by atoms with Crippen molar-refractivity contribution in [1.82, 2.24) is 15.0 Å². The monoisotopic (exact) mass is 719 g/mol. The standard InChI is InChI=1S/C51H33N3S/c1-4-12-34(13-5-1)36-24-28-40(29-25-36)50-52-49(39-16-8-3-9-17-39)53-51(54-50)43-30-31-45-47(33-43)55-46-21-11-20-44(48(45)46)38-26-22-37(23-27-38)42-19-10-18-41(32-42)35-14-6-2-7-15-35/h1-33H. The molecule has 3 nitrogen and oxygen atoms in total. The predicted octanol–water partition coefficient (Wildman–Crippen LogP) is 13.9. The van der Waals surface area contributed by atoms with E-state index in [1.807, 2.05) is 47.7 Å². The number of hydrogen-bond donors (Lipinski definition) is 0. The molecule has 55 heavy (non-hydrogen) atoms. The van der Waals surface area contributed by atoms with Gasteiger partial charge in [0.25, 0.3) is 0 Å². The molecule has 258 valence electrons. The molecule has 0 aliphatic rings. The van der Waals surface area contributed by atoms with E-state index in [9.17, 15) is 0 Å². The summed E-state index contributed by atoms with van der Waals surface area (Å²) in [6, 6.07) is 70.6. The maximum absolute atomic E-state index is 5.07. The van der Waals surface area contributed by atoms with E-state index >= 15 is 0 Å². The summed E-state index contributed by atoms with van der Waals surface area (Å²) in [5, 5.41) is 2.50. The molecular weight excluding hydrogens is 687 g/mol. The molecule has 0 aliphatic heterocycles. The van der Waals surface area contributed by atoms with Gasteiger partial charge in [0.15, 0.2) is 17.5 Å². The van der Waals surface area contributed by atoms with E-state index in [2.05, 4.69) is 164 Å². The molecular formula is C51H33N3S. The van der Waals surface area contributed by atoms with Crippen molar-refractivity contribution >= 4 is 31.5 Å². The van der Waals surface area contributed by atoms with Crippen LogP contribution >= 0.6 is 11.3 Å². The number of aromatic nitrogens is 3. The number of nitrogens with zero attached hydrogens (tertiary/aromatic N) is 3. The summed E-state index contributed by atoms with van der Waals surface area (Å²) in [6.07, 6.45) is 0. The van der Waals surface area contributed by atoms with Crippen LogP contribution in [0, 0.1) is 0 Å². The normalized spacial score (nSPS) is 11.3. The minimum absolute atomic E-state index is 0.650. The van der Waals surface area contributed by atoms with Gasteiger partial charge in [-0.2, -0.15) is 0 Å². The van der Waals surface area contributed by atoms with E-state index in [-0.39, 0.29) is 0 Å². The van der Waals surface area contributed by atoms with Crippen LogP contribution in [0.5, 0.6) is 0 Å². The highest BCUT2D eigenvalue weighted by Crippen LogP contribution is 2.42. The Morgan fingerprint density at radius 1 is 0.273 bits per heavy atom. The molecule has 0 amide bonds. The smallest absolute Gasteiger partial charge is 0.164 e. The SMILES string of the molecule is c1ccc(-c2ccc(-c3nc(-c4ccccc4)nc(-c4ccc5c(c4)sc4cccc(-c6ccc(-c7cccc(-c8ccccc8)c7)cc6)c45)n3)cc2)cc1. The van der Waals surface area contributed by atoms with Gasteiger partial charge < -0.3 is 0 Å². The van der Waals surface area contributed by atoms with Crippen molar-refractivity contribution in [2.45, 2.75) is 0 Å². The molecule has 0 fully saturated rings. The number of thiophene rings is 1. The first-order chi connectivity index (χ1) is 27.2. The fraction of sp³-hybridized carbons (Fsp3) is 0. The van der Waals surface area contributed by atoms with Crippen molar-refractivity contribution in [2.24, 2.45) is 0 Å². The van der Waals surface area contributed by atoms with Gasteiger partial charge in [0.1, 0.15) is 0 Å². The summed E-state index contributed by atoms with van der Waals surface area (Å²) >= 11 is 1.81. The van der Waals surface area contributed by atoms with Crippen molar-refractivity contribution in [1.29, 1.82) is 0 Å². The number of benzene rings is 8. The van der Waals surface area contributed by atoms with Crippen LogP contribution in [0.15, 0.2) is 200 Å². The molecule has 0 N–H and O–H groups in total. The Morgan fingerprint density at radius 2 is 0.691 bits per heavy atom. The summed E-state index contributed by atoms with van der Waals surface area (Å²) in [4.78, 5) is 15.1. The van der Waals surface area contributed by atoms with Gasteiger partial charge in [0.05, 0.1) is 0 Å². The fourth-order valence-corrected chi connectivity index (χ4v) is 8.52. The van der Waals surface area contributed by atoms with Crippen molar-refractivity contribution < 1.29 is 0 Å². The predicted molar refractivity (Wildman–Crippen MR) is 231 cm³/mol. The van der Waals surface area contributed by atoms with Gasteiger partial charge >= 0.3 is 0 Å². The summed E-state index contributed by atoms with van der Waals surface area (Å²) in [5.41, 5.74) is 12.5. The lowest BCUT2D eigenvalue weighted by Gasteiger charge is -2.10. The lowest BCUT2D eigenvalue weighted by atomic mass is 9.95. The second kappa shape index (κ2) is 14.1. The van der Waals surface area contributed by atoms with Gasteiger partial charge in [-0.15, -0.1) is 11.3 Å². The number of fused-ring (bicyclic) bond motifs is 3. The highest BCUT2D eigenvalue weighted by molar-refractivity contribution is 7.26. The first-order valence-electron chi connectivity index (χ1n) is 18.4. The van der Waals surface area contributed by atoms with Crippen molar-refractivity contribution in [3.8, 4) is 78.7 Å². The molecule has 0 aliphatic carbocycles. The Bertz CT molecular complexity index is 2940. The third kappa shape index (κ3) is 6.39. The Balaban J connectivity index is 1.01. The molecule has 0 atom stereocenters. The molecule has 2 aromatic heterocycles. The minimum atomic E-state index is 0.650. The van der Waals surface area contributed by atoms with E-state index in [1.165, 1.54) is 59.1 Å². The zero-order valence-corrected chi connectivity index (χ0v) is 30.6. The quantitative estimate of drug-likeness (QED) is 0.165. The summed E-state index contributed by atoms with van der Waals surface area (Å²) in [5.74, 6) is 1.96. The van der Waals surface area contributed by atoms with Crippen LogP contribution in [0.25, 0.3) is 98.8 Å². The third-order valence-electron chi connectivity index (χ3n) is 10.2. The first kappa shape index (κ1) is 32.6. The molecule has 0 saturated carbocycles. The Hall–Kier alpha value is -7.01.